The lowest BCUT2D eigenvalue weighted by Crippen LogP contribution is -2.45. The lowest BCUT2D eigenvalue weighted by atomic mass is 10.2. The molecule has 1 aliphatic heterocycles. The highest BCUT2D eigenvalue weighted by atomic mass is 16.3. The first-order valence-electron chi connectivity index (χ1n) is 6.18. The molecule has 6 nitrogen and oxygen atoms in total. The van der Waals surface area contributed by atoms with Gasteiger partial charge in [0, 0.05) is 25.5 Å². The topological polar surface area (TPSA) is 78.4 Å². The normalized spacial score (nSPS) is 20.8. The molecule has 2 rings (SSSR count). The summed E-state index contributed by atoms with van der Waals surface area (Å²) in [7, 11) is 0. The van der Waals surface area contributed by atoms with Gasteiger partial charge in [0.1, 0.15) is 6.04 Å². The van der Waals surface area contributed by atoms with Gasteiger partial charge in [0.2, 0.25) is 11.9 Å². The van der Waals surface area contributed by atoms with Gasteiger partial charge < -0.3 is 15.3 Å². The number of hydrogen-bond donors (Lipinski definition) is 2. The first kappa shape index (κ1) is 12.8. The molecule has 2 heterocycles. The molecule has 98 valence electrons. The zero-order valence-electron chi connectivity index (χ0n) is 10.4. The number of hydrogen-bond acceptors (Lipinski definition) is 5. The first-order valence-corrected chi connectivity index (χ1v) is 6.18. The van der Waals surface area contributed by atoms with Crippen molar-refractivity contribution < 1.29 is 9.90 Å². The SMILES string of the molecule is CC(O)CNC(=O)C1CCCN1c1ncccn1. The van der Waals surface area contributed by atoms with Crippen LogP contribution in [0, 0.1) is 0 Å². The third kappa shape index (κ3) is 2.95. The van der Waals surface area contributed by atoms with E-state index in [4.69, 9.17) is 0 Å². The number of carbonyl (C=O) groups is 1. The van der Waals surface area contributed by atoms with Crippen molar-refractivity contribution in [1.29, 1.82) is 0 Å². The smallest absolute Gasteiger partial charge is 0.242 e. The zero-order valence-corrected chi connectivity index (χ0v) is 10.4. The van der Waals surface area contributed by atoms with Gasteiger partial charge in [-0.15, -0.1) is 0 Å². The Labute approximate surface area is 106 Å². The molecule has 1 fully saturated rings. The fraction of sp³-hybridized carbons (Fsp3) is 0.583. The predicted octanol–water partition coefficient (Wildman–Crippen LogP) is -0.0576. The highest BCUT2D eigenvalue weighted by molar-refractivity contribution is 5.85. The summed E-state index contributed by atoms with van der Waals surface area (Å²) in [6.07, 6.45) is 4.56. The maximum absolute atomic E-state index is 12.0. The molecular formula is C12H18N4O2. The van der Waals surface area contributed by atoms with Gasteiger partial charge >= 0.3 is 0 Å². The number of nitrogens with one attached hydrogen (secondary N) is 1. The molecule has 0 saturated carbocycles. The summed E-state index contributed by atoms with van der Waals surface area (Å²) < 4.78 is 0. The lowest BCUT2D eigenvalue weighted by Gasteiger charge is -2.23. The number of anilines is 1. The van der Waals surface area contributed by atoms with Crippen LogP contribution < -0.4 is 10.2 Å². The third-order valence-corrected chi connectivity index (χ3v) is 2.94. The van der Waals surface area contributed by atoms with Crippen LogP contribution in [0.15, 0.2) is 18.5 Å². The number of nitrogens with zero attached hydrogens (tertiary/aromatic N) is 3. The molecule has 2 N–H and O–H groups in total. The molecule has 18 heavy (non-hydrogen) atoms. The molecule has 1 saturated heterocycles. The molecule has 1 aromatic heterocycles. The van der Waals surface area contributed by atoms with Crippen molar-refractivity contribution in [3.63, 3.8) is 0 Å². The van der Waals surface area contributed by atoms with Crippen LogP contribution >= 0.6 is 0 Å². The Morgan fingerprint density at radius 3 is 3.00 bits per heavy atom. The lowest BCUT2D eigenvalue weighted by molar-refractivity contribution is -0.122. The van der Waals surface area contributed by atoms with Gasteiger partial charge in [0.15, 0.2) is 0 Å². The predicted molar refractivity (Wildman–Crippen MR) is 67.1 cm³/mol. The number of aromatic nitrogens is 2. The summed E-state index contributed by atoms with van der Waals surface area (Å²) in [5, 5.41) is 11.9. The molecule has 1 amide bonds. The summed E-state index contributed by atoms with van der Waals surface area (Å²) >= 11 is 0. The molecule has 0 aromatic carbocycles. The Bertz CT molecular complexity index is 396. The summed E-state index contributed by atoms with van der Waals surface area (Å²) in [6.45, 7) is 2.71. The van der Waals surface area contributed by atoms with Gasteiger partial charge in [0.05, 0.1) is 6.10 Å². The molecule has 0 bridgehead atoms. The van der Waals surface area contributed by atoms with Gasteiger partial charge in [-0.2, -0.15) is 0 Å². The van der Waals surface area contributed by atoms with E-state index in [2.05, 4.69) is 15.3 Å². The van der Waals surface area contributed by atoms with Crippen molar-refractivity contribution >= 4 is 11.9 Å². The number of aliphatic hydroxyl groups excluding tert-OH is 1. The van der Waals surface area contributed by atoms with Gasteiger partial charge in [-0.25, -0.2) is 9.97 Å². The highest BCUT2D eigenvalue weighted by Crippen LogP contribution is 2.21. The van der Waals surface area contributed by atoms with Crippen molar-refractivity contribution in [1.82, 2.24) is 15.3 Å². The van der Waals surface area contributed by atoms with Crippen LogP contribution in [0.25, 0.3) is 0 Å². The van der Waals surface area contributed by atoms with E-state index in [0.29, 0.717) is 5.95 Å². The Morgan fingerprint density at radius 2 is 2.33 bits per heavy atom. The van der Waals surface area contributed by atoms with E-state index in [0.717, 1.165) is 19.4 Å². The van der Waals surface area contributed by atoms with Crippen molar-refractivity contribution in [3.05, 3.63) is 18.5 Å². The first-order chi connectivity index (χ1) is 8.68. The third-order valence-electron chi connectivity index (χ3n) is 2.94. The second-order valence-electron chi connectivity index (χ2n) is 4.49. The fourth-order valence-corrected chi connectivity index (χ4v) is 2.08. The highest BCUT2D eigenvalue weighted by Gasteiger charge is 2.32. The van der Waals surface area contributed by atoms with E-state index >= 15 is 0 Å². The Kier molecular flexibility index (Phi) is 4.09. The quantitative estimate of drug-likeness (QED) is 0.783. The van der Waals surface area contributed by atoms with Crippen molar-refractivity contribution in [3.8, 4) is 0 Å². The zero-order chi connectivity index (χ0) is 13.0. The second kappa shape index (κ2) is 5.77. The molecule has 1 aromatic rings. The number of aliphatic hydroxyl groups is 1. The Hall–Kier alpha value is -1.69. The van der Waals surface area contributed by atoms with Crippen LogP contribution in [0.1, 0.15) is 19.8 Å². The van der Waals surface area contributed by atoms with Crippen molar-refractivity contribution in [2.45, 2.75) is 31.9 Å². The fourth-order valence-electron chi connectivity index (χ4n) is 2.08. The Morgan fingerprint density at radius 1 is 1.61 bits per heavy atom. The van der Waals surface area contributed by atoms with Crippen molar-refractivity contribution in [2.75, 3.05) is 18.0 Å². The monoisotopic (exact) mass is 250 g/mol. The molecule has 0 radical (unpaired) electrons. The number of carbonyl (C=O) groups excluding carboxylic acids is 1. The largest absolute Gasteiger partial charge is 0.392 e. The van der Waals surface area contributed by atoms with Crippen LogP contribution in [0.3, 0.4) is 0 Å². The van der Waals surface area contributed by atoms with Crippen LogP contribution in [0.2, 0.25) is 0 Å². The van der Waals surface area contributed by atoms with Crippen LogP contribution in [-0.4, -0.2) is 46.2 Å². The van der Waals surface area contributed by atoms with Crippen molar-refractivity contribution in [2.24, 2.45) is 0 Å². The van der Waals surface area contributed by atoms with Crippen LogP contribution in [0.5, 0.6) is 0 Å². The summed E-state index contributed by atoms with van der Waals surface area (Å²) in [4.78, 5) is 22.3. The number of rotatable bonds is 4. The molecule has 2 unspecified atom stereocenters. The molecule has 0 aliphatic carbocycles. The van der Waals surface area contributed by atoms with Gasteiger partial charge in [0.25, 0.3) is 0 Å². The average Bonchev–Trinajstić information content (AvgIpc) is 2.86. The summed E-state index contributed by atoms with van der Waals surface area (Å²) in [5.74, 6) is 0.521. The van der Waals surface area contributed by atoms with E-state index in [1.165, 1.54) is 0 Å². The number of amides is 1. The summed E-state index contributed by atoms with van der Waals surface area (Å²) in [6, 6.07) is 1.52. The molecule has 2 atom stereocenters. The van der Waals surface area contributed by atoms with E-state index in [1.807, 2.05) is 4.90 Å². The van der Waals surface area contributed by atoms with E-state index in [-0.39, 0.29) is 18.5 Å². The van der Waals surface area contributed by atoms with E-state index in [9.17, 15) is 9.90 Å². The van der Waals surface area contributed by atoms with Gasteiger partial charge in [-0.1, -0.05) is 0 Å². The molecule has 1 aliphatic rings. The molecule has 6 heteroatoms. The standard InChI is InChI=1S/C12H18N4O2/c1-9(17)8-15-11(18)10-4-2-7-16(10)12-13-5-3-6-14-12/h3,5-6,9-10,17H,2,4,7-8H2,1H3,(H,15,18). The summed E-state index contributed by atoms with van der Waals surface area (Å²) in [5.41, 5.74) is 0. The minimum Gasteiger partial charge on any atom is -0.392 e. The average molecular weight is 250 g/mol. The Balaban J connectivity index is 2.01. The van der Waals surface area contributed by atoms with Gasteiger partial charge in [-0.05, 0) is 25.8 Å². The molecular weight excluding hydrogens is 232 g/mol. The maximum atomic E-state index is 12.0. The second-order valence-corrected chi connectivity index (χ2v) is 4.49. The molecule has 0 spiro atoms. The van der Waals surface area contributed by atoms with E-state index in [1.54, 1.807) is 25.4 Å². The maximum Gasteiger partial charge on any atom is 0.242 e. The van der Waals surface area contributed by atoms with Crippen LogP contribution in [-0.2, 0) is 4.79 Å². The van der Waals surface area contributed by atoms with E-state index < -0.39 is 6.10 Å². The minimum atomic E-state index is -0.531. The minimum absolute atomic E-state index is 0.0687. The van der Waals surface area contributed by atoms with Crippen LogP contribution in [0.4, 0.5) is 5.95 Å². The van der Waals surface area contributed by atoms with Gasteiger partial charge in [-0.3, -0.25) is 4.79 Å².